The second kappa shape index (κ2) is 9.00. The normalized spacial score (nSPS) is 11.0. The summed E-state index contributed by atoms with van der Waals surface area (Å²) in [5.74, 6) is 0.770. The highest BCUT2D eigenvalue weighted by Gasteiger charge is 2.21. The summed E-state index contributed by atoms with van der Waals surface area (Å²) in [6.45, 7) is 5.49. The number of amides is 1. The number of rotatable bonds is 7. The van der Waals surface area contributed by atoms with Gasteiger partial charge < -0.3 is 14.6 Å². The van der Waals surface area contributed by atoms with Crippen molar-refractivity contribution < 1.29 is 9.90 Å². The number of hydrogen-bond acceptors (Lipinski definition) is 4. The molecule has 0 bridgehead atoms. The SMILES string of the molecule is CCCn1c(CN(Cc2ccccc2)C(=O)c2ccc(C)c(O)c2)nc2cccnc21. The van der Waals surface area contributed by atoms with Gasteiger partial charge in [-0.3, -0.25) is 4.79 Å². The van der Waals surface area contributed by atoms with Crippen LogP contribution < -0.4 is 0 Å². The lowest BCUT2D eigenvalue weighted by molar-refractivity contribution is 0.0723. The van der Waals surface area contributed by atoms with Gasteiger partial charge in [-0.25, -0.2) is 9.97 Å². The number of pyridine rings is 1. The maximum atomic E-state index is 13.5. The zero-order chi connectivity index (χ0) is 21.8. The summed E-state index contributed by atoms with van der Waals surface area (Å²) in [6.07, 6.45) is 2.70. The summed E-state index contributed by atoms with van der Waals surface area (Å²) < 4.78 is 2.09. The number of carbonyl (C=O) groups is 1. The van der Waals surface area contributed by atoms with E-state index < -0.39 is 0 Å². The van der Waals surface area contributed by atoms with Crippen LogP contribution in [0.5, 0.6) is 5.75 Å². The lowest BCUT2D eigenvalue weighted by Gasteiger charge is -2.23. The van der Waals surface area contributed by atoms with Crippen molar-refractivity contribution in [2.75, 3.05) is 0 Å². The predicted molar refractivity (Wildman–Crippen MR) is 121 cm³/mol. The Morgan fingerprint density at radius 3 is 2.61 bits per heavy atom. The fourth-order valence-electron chi connectivity index (χ4n) is 3.68. The van der Waals surface area contributed by atoms with E-state index in [0.29, 0.717) is 18.7 Å². The molecule has 0 unspecified atom stereocenters. The van der Waals surface area contributed by atoms with Gasteiger partial charge in [0.05, 0.1) is 6.54 Å². The van der Waals surface area contributed by atoms with Crippen LogP contribution in [0.4, 0.5) is 0 Å². The van der Waals surface area contributed by atoms with Crippen LogP contribution in [0.25, 0.3) is 11.2 Å². The third kappa shape index (κ3) is 4.43. The first-order valence-electron chi connectivity index (χ1n) is 10.5. The van der Waals surface area contributed by atoms with Gasteiger partial charge in [-0.1, -0.05) is 43.3 Å². The van der Waals surface area contributed by atoms with Gasteiger partial charge in [0.25, 0.3) is 5.91 Å². The number of phenols is 1. The van der Waals surface area contributed by atoms with Crippen LogP contribution in [0, 0.1) is 6.92 Å². The molecule has 1 amide bonds. The lowest BCUT2D eigenvalue weighted by Crippen LogP contribution is -2.31. The molecule has 4 aromatic rings. The van der Waals surface area contributed by atoms with E-state index in [1.165, 1.54) is 6.07 Å². The summed E-state index contributed by atoms with van der Waals surface area (Å²) in [4.78, 5) is 24.5. The highest BCUT2D eigenvalue weighted by atomic mass is 16.3. The molecule has 2 aromatic carbocycles. The van der Waals surface area contributed by atoms with Gasteiger partial charge in [-0.05, 0) is 48.7 Å². The zero-order valence-corrected chi connectivity index (χ0v) is 17.8. The Balaban J connectivity index is 1.72. The molecule has 6 heteroatoms. The Labute approximate surface area is 181 Å². The summed E-state index contributed by atoms with van der Waals surface area (Å²) >= 11 is 0. The first-order chi connectivity index (χ1) is 15.1. The summed E-state index contributed by atoms with van der Waals surface area (Å²) in [7, 11) is 0. The Hall–Kier alpha value is -3.67. The number of imidazole rings is 1. The van der Waals surface area contributed by atoms with E-state index in [9.17, 15) is 9.90 Å². The Kier molecular flexibility index (Phi) is 5.98. The molecular weight excluding hydrogens is 388 g/mol. The van der Waals surface area contributed by atoms with E-state index in [4.69, 9.17) is 4.98 Å². The summed E-state index contributed by atoms with van der Waals surface area (Å²) in [5, 5.41) is 10.1. The molecule has 0 radical (unpaired) electrons. The molecule has 0 saturated carbocycles. The van der Waals surface area contributed by atoms with E-state index in [2.05, 4.69) is 16.5 Å². The lowest BCUT2D eigenvalue weighted by atomic mass is 10.1. The number of aryl methyl sites for hydroxylation is 2. The molecule has 0 aliphatic carbocycles. The molecule has 2 aromatic heterocycles. The summed E-state index contributed by atoms with van der Waals surface area (Å²) in [6, 6.07) is 18.8. The Morgan fingerprint density at radius 1 is 1.06 bits per heavy atom. The van der Waals surface area contributed by atoms with E-state index in [-0.39, 0.29) is 11.7 Å². The highest BCUT2D eigenvalue weighted by molar-refractivity contribution is 5.94. The minimum absolute atomic E-state index is 0.118. The molecule has 0 saturated heterocycles. The van der Waals surface area contributed by atoms with Crippen molar-refractivity contribution in [3.05, 3.63) is 89.4 Å². The van der Waals surface area contributed by atoms with Gasteiger partial charge in [-0.2, -0.15) is 0 Å². The number of fused-ring (bicyclic) bond motifs is 1. The maximum absolute atomic E-state index is 13.5. The minimum Gasteiger partial charge on any atom is -0.508 e. The first kappa shape index (κ1) is 20.6. The van der Waals surface area contributed by atoms with Crippen molar-refractivity contribution in [2.45, 2.75) is 39.9 Å². The molecular formula is C25H26N4O2. The number of benzene rings is 2. The quantitative estimate of drug-likeness (QED) is 0.476. The predicted octanol–water partition coefficient (Wildman–Crippen LogP) is 4.70. The van der Waals surface area contributed by atoms with Crippen molar-refractivity contribution in [3.63, 3.8) is 0 Å². The van der Waals surface area contributed by atoms with Gasteiger partial charge in [0.15, 0.2) is 5.65 Å². The second-order valence-corrected chi connectivity index (χ2v) is 7.67. The van der Waals surface area contributed by atoms with Crippen LogP contribution in [0.15, 0.2) is 66.9 Å². The average Bonchev–Trinajstić information content (AvgIpc) is 3.13. The topological polar surface area (TPSA) is 71.2 Å². The third-order valence-electron chi connectivity index (χ3n) is 5.32. The molecule has 31 heavy (non-hydrogen) atoms. The van der Waals surface area contributed by atoms with E-state index >= 15 is 0 Å². The van der Waals surface area contributed by atoms with Crippen molar-refractivity contribution >= 4 is 17.1 Å². The van der Waals surface area contributed by atoms with Gasteiger partial charge >= 0.3 is 0 Å². The highest BCUT2D eigenvalue weighted by Crippen LogP contribution is 2.22. The van der Waals surface area contributed by atoms with Crippen molar-refractivity contribution in [1.82, 2.24) is 19.4 Å². The van der Waals surface area contributed by atoms with Crippen LogP contribution >= 0.6 is 0 Å². The van der Waals surface area contributed by atoms with Crippen molar-refractivity contribution in [1.29, 1.82) is 0 Å². The maximum Gasteiger partial charge on any atom is 0.254 e. The molecule has 1 N–H and O–H groups in total. The molecule has 0 aliphatic rings. The number of hydrogen-bond donors (Lipinski definition) is 1. The van der Waals surface area contributed by atoms with Crippen LogP contribution in [0.2, 0.25) is 0 Å². The van der Waals surface area contributed by atoms with Crippen LogP contribution in [-0.4, -0.2) is 30.4 Å². The van der Waals surface area contributed by atoms with Crippen LogP contribution in [0.3, 0.4) is 0 Å². The average molecular weight is 415 g/mol. The molecule has 4 rings (SSSR count). The van der Waals surface area contributed by atoms with Crippen LogP contribution in [0.1, 0.15) is 40.7 Å². The van der Waals surface area contributed by atoms with Crippen LogP contribution in [-0.2, 0) is 19.6 Å². The minimum atomic E-state index is -0.151. The first-order valence-corrected chi connectivity index (χ1v) is 10.5. The number of carbonyl (C=O) groups excluding carboxylic acids is 1. The summed E-state index contributed by atoms with van der Waals surface area (Å²) in [5.41, 5.74) is 3.88. The number of aromatic hydroxyl groups is 1. The van der Waals surface area contributed by atoms with Gasteiger partial charge in [-0.15, -0.1) is 0 Å². The van der Waals surface area contributed by atoms with Gasteiger partial charge in [0.1, 0.15) is 17.1 Å². The molecule has 0 fully saturated rings. The monoisotopic (exact) mass is 414 g/mol. The number of phenolic OH excluding ortho intramolecular Hbond substituents is 1. The smallest absolute Gasteiger partial charge is 0.254 e. The van der Waals surface area contributed by atoms with Crippen molar-refractivity contribution in [2.24, 2.45) is 0 Å². The fourth-order valence-corrected chi connectivity index (χ4v) is 3.68. The van der Waals surface area contributed by atoms with E-state index in [1.807, 2.05) is 49.4 Å². The fraction of sp³-hybridized carbons (Fsp3) is 0.240. The molecule has 6 nitrogen and oxygen atoms in total. The second-order valence-electron chi connectivity index (χ2n) is 7.67. The largest absolute Gasteiger partial charge is 0.508 e. The number of aromatic nitrogens is 3. The van der Waals surface area contributed by atoms with E-state index in [1.54, 1.807) is 23.2 Å². The zero-order valence-electron chi connectivity index (χ0n) is 17.8. The Morgan fingerprint density at radius 2 is 1.87 bits per heavy atom. The van der Waals surface area contributed by atoms with Gasteiger partial charge in [0, 0.05) is 24.8 Å². The van der Waals surface area contributed by atoms with E-state index in [0.717, 1.165) is 41.1 Å². The molecule has 158 valence electrons. The van der Waals surface area contributed by atoms with Gasteiger partial charge in [0.2, 0.25) is 0 Å². The third-order valence-corrected chi connectivity index (χ3v) is 5.32. The molecule has 0 aliphatic heterocycles. The molecule has 0 atom stereocenters. The molecule has 0 spiro atoms. The Bertz CT molecular complexity index is 1200. The standard InChI is InChI=1S/C25H26N4O2/c1-3-14-29-23(27-21-10-7-13-26-24(21)29)17-28(16-19-8-5-4-6-9-19)25(31)20-12-11-18(2)22(30)15-20/h4-13,15,30H,3,14,16-17H2,1-2H3. The van der Waals surface area contributed by atoms with Crippen molar-refractivity contribution in [3.8, 4) is 5.75 Å². The molecule has 2 heterocycles. The number of nitrogens with zero attached hydrogens (tertiary/aromatic N) is 4.